The summed E-state index contributed by atoms with van der Waals surface area (Å²) in [5, 5.41) is 13.1. The van der Waals surface area contributed by atoms with Gasteiger partial charge in [0.15, 0.2) is 5.76 Å². The maximum atomic E-state index is 13.1. The van der Waals surface area contributed by atoms with Crippen LogP contribution >= 0.6 is 0 Å². The Hall–Kier alpha value is -2.60. The first-order valence-electron chi connectivity index (χ1n) is 9.48. The lowest BCUT2D eigenvalue weighted by Crippen LogP contribution is -2.43. The second-order valence-electron chi connectivity index (χ2n) is 7.42. The van der Waals surface area contributed by atoms with Crippen LogP contribution in [0.25, 0.3) is 0 Å². The zero-order chi connectivity index (χ0) is 19.0. The number of nitrogens with zero attached hydrogens (tertiary/aromatic N) is 1. The van der Waals surface area contributed by atoms with Crippen molar-refractivity contribution in [2.45, 2.75) is 44.8 Å². The number of hydrogen-bond donors (Lipinski definition) is 2. The molecule has 1 aliphatic carbocycles. The Bertz CT molecular complexity index is 873. The van der Waals surface area contributed by atoms with Crippen molar-refractivity contribution in [2.24, 2.45) is 0 Å². The molecule has 27 heavy (non-hydrogen) atoms. The lowest BCUT2D eigenvalue weighted by molar-refractivity contribution is 0.0763. The van der Waals surface area contributed by atoms with E-state index >= 15 is 0 Å². The summed E-state index contributed by atoms with van der Waals surface area (Å²) in [7, 11) is 0. The third-order valence-corrected chi connectivity index (χ3v) is 5.48. The van der Waals surface area contributed by atoms with Crippen LogP contribution in [-0.2, 0) is 12.8 Å². The number of hydrogen-bond acceptors (Lipinski definition) is 4. The van der Waals surface area contributed by atoms with Gasteiger partial charge in [-0.2, -0.15) is 0 Å². The fourth-order valence-corrected chi connectivity index (χ4v) is 4.04. The zero-order valence-corrected chi connectivity index (χ0v) is 15.4. The molecule has 142 valence electrons. The molecule has 0 radical (unpaired) electrons. The number of amides is 2. The van der Waals surface area contributed by atoms with Crippen LogP contribution in [0.3, 0.4) is 0 Å². The highest BCUT2D eigenvalue weighted by atomic mass is 16.3. The fraction of sp³-hybridized carbons (Fsp3) is 0.429. The molecule has 0 unspecified atom stereocenters. The Morgan fingerprint density at radius 1 is 1.15 bits per heavy atom. The molecule has 2 heterocycles. The van der Waals surface area contributed by atoms with Crippen molar-refractivity contribution in [3.05, 3.63) is 58.5 Å². The summed E-state index contributed by atoms with van der Waals surface area (Å²) >= 11 is 0. The van der Waals surface area contributed by atoms with Crippen molar-refractivity contribution in [1.29, 1.82) is 0 Å². The number of nitrogens with one attached hydrogen (secondary N) is 1. The predicted octanol–water partition coefficient (Wildman–Crippen LogP) is 2.08. The number of likely N-dealkylation sites (tertiary alicyclic amines) is 1. The standard InChI is InChI=1S/C21H24N2O4/c1-13-9-10-19(27-13)20(25)22-17-11-23(12-18(17)24)21(26)16-8-4-6-14-5-2-3-7-15(14)16/h4,6,8-10,17-18,24H,2-3,5,7,11-12H2,1H3,(H,22,25)/t17-,18-/m1/s1. The lowest BCUT2D eigenvalue weighted by Gasteiger charge is -2.22. The molecule has 6 nitrogen and oxygen atoms in total. The molecular weight excluding hydrogens is 344 g/mol. The van der Waals surface area contributed by atoms with E-state index in [-0.39, 0.29) is 30.7 Å². The monoisotopic (exact) mass is 368 g/mol. The van der Waals surface area contributed by atoms with Gasteiger partial charge in [0.05, 0.1) is 12.1 Å². The highest BCUT2D eigenvalue weighted by Gasteiger charge is 2.36. The topological polar surface area (TPSA) is 82.8 Å². The molecule has 4 rings (SSSR count). The maximum absolute atomic E-state index is 13.1. The van der Waals surface area contributed by atoms with Crippen LogP contribution < -0.4 is 5.32 Å². The van der Waals surface area contributed by atoms with Crippen molar-refractivity contribution in [2.75, 3.05) is 13.1 Å². The molecule has 1 saturated heterocycles. The van der Waals surface area contributed by atoms with Gasteiger partial charge in [-0.3, -0.25) is 9.59 Å². The number of carbonyl (C=O) groups excluding carboxylic acids is 2. The molecule has 2 amide bonds. The van der Waals surface area contributed by atoms with E-state index in [2.05, 4.69) is 11.4 Å². The van der Waals surface area contributed by atoms with E-state index in [0.29, 0.717) is 5.76 Å². The fourth-order valence-electron chi connectivity index (χ4n) is 4.04. The van der Waals surface area contributed by atoms with Crippen LogP contribution in [0.2, 0.25) is 0 Å². The molecule has 1 fully saturated rings. The van der Waals surface area contributed by atoms with E-state index in [1.165, 1.54) is 5.56 Å². The van der Waals surface area contributed by atoms with E-state index in [4.69, 9.17) is 4.42 Å². The van der Waals surface area contributed by atoms with Crippen LogP contribution in [-0.4, -0.2) is 47.1 Å². The first-order valence-corrected chi connectivity index (χ1v) is 9.48. The summed E-state index contributed by atoms with van der Waals surface area (Å²) in [5.41, 5.74) is 3.12. The quantitative estimate of drug-likeness (QED) is 0.869. The molecule has 0 saturated carbocycles. The molecule has 2 aromatic rings. The lowest BCUT2D eigenvalue weighted by atomic mass is 9.88. The summed E-state index contributed by atoms with van der Waals surface area (Å²) in [6, 6.07) is 8.71. The Balaban J connectivity index is 1.47. The van der Waals surface area contributed by atoms with Gasteiger partial charge in [-0.05, 0) is 61.9 Å². The van der Waals surface area contributed by atoms with Gasteiger partial charge in [-0.15, -0.1) is 0 Å². The molecule has 2 N–H and O–H groups in total. The van der Waals surface area contributed by atoms with Crippen LogP contribution in [0.5, 0.6) is 0 Å². The minimum atomic E-state index is -0.798. The smallest absolute Gasteiger partial charge is 0.287 e. The first kappa shape index (κ1) is 17.8. The van der Waals surface area contributed by atoms with Crippen molar-refractivity contribution in [3.63, 3.8) is 0 Å². The predicted molar refractivity (Wildman–Crippen MR) is 99.7 cm³/mol. The minimum absolute atomic E-state index is 0.0709. The Morgan fingerprint density at radius 3 is 2.74 bits per heavy atom. The number of rotatable bonds is 3. The van der Waals surface area contributed by atoms with E-state index in [0.717, 1.165) is 36.8 Å². The van der Waals surface area contributed by atoms with Gasteiger partial charge in [0.25, 0.3) is 11.8 Å². The average Bonchev–Trinajstić information content (AvgIpc) is 3.27. The average molecular weight is 368 g/mol. The molecule has 0 spiro atoms. The second-order valence-corrected chi connectivity index (χ2v) is 7.42. The SMILES string of the molecule is Cc1ccc(C(=O)N[C@@H]2CN(C(=O)c3cccc4c3CCCC4)C[C@H]2O)o1. The largest absolute Gasteiger partial charge is 0.456 e. The van der Waals surface area contributed by atoms with Crippen molar-refractivity contribution in [1.82, 2.24) is 10.2 Å². The van der Waals surface area contributed by atoms with Crippen LogP contribution in [0.4, 0.5) is 0 Å². The molecule has 1 aliphatic heterocycles. The van der Waals surface area contributed by atoms with Gasteiger partial charge in [0.2, 0.25) is 0 Å². The van der Waals surface area contributed by atoms with E-state index < -0.39 is 12.1 Å². The second kappa shape index (κ2) is 7.19. The molecular formula is C21H24N2O4. The third kappa shape index (κ3) is 3.49. The summed E-state index contributed by atoms with van der Waals surface area (Å²) < 4.78 is 5.32. The molecule has 1 aromatic carbocycles. The van der Waals surface area contributed by atoms with Crippen LogP contribution in [0.15, 0.2) is 34.7 Å². The summed E-state index contributed by atoms with van der Waals surface area (Å²) in [4.78, 5) is 27.0. The number of carbonyl (C=O) groups is 2. The van der Waals surface area contributed by atoms with Crippen LogP contribution in [0.1, 0.15) is 50.6 Å². The van der Waals surface area contributed by atoms with Gasteiger partial charge >= 0.3 is 0 Å². The highest BCUT2D eigenvalue weighted by molar-refractivity contribution is 5.96. The number of fused-ring (bicyclic) bond motifs is 1. The Kier molecular flexibility index (Phi) is 4.74. The number of aliphatic hydroxyl groups is 1. The first-order chi connectivity index (χ1) is 13.0. The minimum Gasteiger partial charge on any atom is -0.456 e. The van der Waals surface area contributed by atoms with Crippen molar-refractivity contribution < 1.29 is 19.1 Å². The van der Waals surface area contributed by atoms with Gasteiger partial charge in [0.1, 0.15) is 5.76 Å². The van der Waals surface area contributed by atoms with E-state index in [1.807, 2.05) is 12.1 Å². The Morgan fingerprint density at radius 2 is 1.96 bits per heavy atom. The van der Waals surface area contributed by atoms with Crippen LogP contribution in [0, 0.1) is 6.92 Å². The molecule has 0 bridgehead atoms. The van der Waals surface area contributed by atoms with Gasteiger partial charge in [-0.25, -0.2) is 0 Å². The number of β-amino-alcohol motifs (C(OH)–C–C–N with tert-alkyl or cyclic N) is 1. The number of benzene rings is 1. The zero-order valence-electron chi connectivity index (χ0n) is 15.4. The normalized spacial score (nSPS) is 21.8. The summed E-state index contributed by atoms with van der Waals surface area (Å²) in [6.45, 7) is 2.27. The summed E-state index contributed by atoms with van der Waals surface area (Å²) in [5.74, 6) is 0.413. The highest BCUT2D eigenvalue weighted by Crippen LogP contribution is 2.26. The molecule has 2 atom stereocenters. The molecule has 1 aromatic heterocycles. The van der Waals surface area contributed by atoms with Crippen molar-refractivity contribution in [3.8, 4) is 0 Å². The van der Waals surface area contributed by atoms with Gasteiger partial charge in [-0.1, -0.05) is 12.1 Å². The van der Waals surface area contributed by atoms with Gasteiger partial charge in [0, 0.05) is 18.7 Å². The third-order valence-electron chi connectivity index (χ3n) is 5.48. The van der Waals surface area contributed by atoms with E-state index in [1.54, 1.807) is 24.0 Å². The molecule has 6 heteroatoms. The Labute approximate surface area is 158 Å². The van der Waals surface area contributed by atoms with Crippen molar-refractivity contribution >= 4 is 11.8 Å². The van der Waals surface area contributed by atoms with Gasteiger partial charge < -0.3 is 19.7 Å². The van der Waals surface area contributed by atoms with E-state index in [9.17, 15) is 14.7 Å². The number of furan rings is 1. The number of aliphatic hydroxyl groups excluding tert-OH is 1. The summed E-state index contributed by atoms with van der Waals surface area (Å²) in [6.07, 6.45) is 3.40. The molecule has 2 aliphatic rings. The number of aryl methyl sites for hydroxylation is 2. The maximum Gasteiger partial charge on any atom is 0.287 e.